The highest BCUT2D eigenvalue weighted by molar-refractivity contribution is 14.1. The number of pyridine rings is 1. The van der Waals surface area contributed by atoms with Gasteiger partial charge in [0.2, 0.25) is 0 Å². The molecular formula is C7H4BrClF2IN. The highest BCUT2D eigenvalue weighted by Gasteiger charge is 2.15. The number of nitrogens with zero attached hydrogens (tertiary/aromatic N) is 1. The molecule has 0 saturated carbocycles. The fourth-order valence-corrected chi connectivity index (χ4v) is 2.34. The van der Waals surface area contributed by atoms with Crippen molar-refractivity contribution in [2.24, 2.45) is 0 Å². The van der Waals surface area contributed by atoms with E-state index in [2.05, 4.69) is 20.9 Å². The van der Waals surface area contributed by atoms with Gasteiger partial charge in [-0.05, 0) is 44.6 Å². The third kappa shape index (κ3) is 2.73. The first kappa shape index (κ1) is 11.6. The minimum atomic E-state index is -2.51. The Bertz CT molecular complexity index is 322. The van der Waals surface area contributed by atoms with Crippen LogP contribution in [0.15, 0.2) is 10.7 Å². The Morgan fingerprint density at radius 1 is 1.62 bits per heavy atom. The van der Waals surface area contributed by atoms with E-state index in [0.717, 1.165) is 0 Å². The number of hydrogen-bond donors (Lipinski definition) is 0. The quantitative estimate of drug-likeness (QED) is 0.426. The summed E-state index contributed by atoms with van der Waals surface area (Å²) in [6.07, 6.45) is -2.51. The Morgan fingerprint density at radius 3 is 2.69 bits per heavy atom. The molecule has 13 heavy (non-hydrogen) atoms. The summed E-state index contributed by atoms with van der Waals surface area (Å²) in [6.45, 7) is 0. The molecule has 72 valence electrons. The van der Waals surface area contributed by atoms with E-state index in [1.807, 2.05) is 22.6 Å². The molecule has 0 bridgehead atoms. The van der Waals surface area contributed by atoms with Gasteiger partial charge in [-0.3, -0.25) is 0 Å². The van der Waals surface area contributed by atoms with E-state index in [1.165, 1.54) is 6.07 Å². The second kappa shape index (κ2) is 4.84. The Morgan fingerprint density at radius 2 is 2.23 bits per heavy atom. The summed E-state index contributed by atoms with van der Waals surface area (Å²) >= 11 is 10.5. The van der Waals surface area contributed by atoms with Gasteiger partial charge in [-0.25, -0.2) is 13.8 Å². The van der Waals surface area contributed by atoms with Gasteiger partial charge in [0.05, 0.1) is 17.1 Å². The molecule has 1 rings (SSSR count). The highest BCUT2D eigenvalue weighted by atomic mass is 127. The average Bonchev–Trinajstić information content (AvgIpc) is 2.07. The Labute approximate surface area is 101 Å². The summed E-state index contributed by atoms with van der Waals surface area (Å²) in [4.78, 5) is 3.91. The van der Waals surface area contributed by atoms with Gasteiger partial charge in [-0.2, -0.15) is 0 Å². The van der Waals surface area contributed by atoms with E-state index in [4.69, 9.17) is 11.6 Å². The lowest BCUT2D eigenvalue weighted by atomic mass is 10.3. The zero-order valence-electron chi connectivity index (χ0n) is 6.20. The first-order chi connectivity index (χ1) is 6.06. The lowest BCUT2D eigenvalue weighted by Gasteiger charge is -2.06. The lowest BCUT2D eigenvalue weighted by Crippen LogP contribution is -1.97. The third-order valence-electron chi connectivity index (χ3n) is 1.39. The molecule has 0 fully saturated rings. The van der Waals surface area contributed by atoms with Crippen molar-refractivity contribution in [3.05, 3.63) is 25.5 Å². The molecule has 0 radical (unpaired) electrons. The molecule has 0 aliphatic carbocycles. The molecule has 0 unspecified atom stereocenters. The minimum Gasteiger partial charge on any atom is -0.243 e. The Balaban J connectivity index is 3.20. The molecule has 1 heterocycles. The number of alkyl halides is 3. The van der Waals surface area contributed by atoms with Gasteiger partial charge in [-0.15, -0.1) is 11.6 Å². The van der Waals surface area contributed by atoms with Crippen LogP contribution >= 0.6 is 50.1 Å². The lowest BCUT2D eigenvalue weighted by molar-refractivity contribution is 0.150. The molecule has 0 aromatic carbocycles. The molecule has 0 N–H and O–H groups in total. The van der Waals surface area contributed by atoms with Crippen LogP contribution in [0.4, 0.5) is 8.78 Å². The molecule has 1 aromatic rings. The standard InChI is InChI=1S/C7H4BrClF2IN/c8-6-3(7(10)11)1-4(12)5(2-9)13-6/h1,7H,2H2. The van der Waals surface area contributed by atoms with Gasteiger partial charge in [-0.1, -0.05) is 0 Å². The fraction of sp³-hybridized carbons (Fsp3) is 0.286. The van der Waals surface area contributed by atoms with E-state index in [1.54, 1.807) is 0 Å². The first-order valence-corrected chi connectivity index (χ1v) is 5.65. The topological polar surface area (TPSA) is 12.9 Å². The zero-order chi connectivity index (χ0) is 10.0. The number of halogens is 5. The highest BCUT2D eigenvalue weighted by Crippen LogP contribution is 2.28. The monoisotopic (exact) mass is 381 g/mol. The maximum absolute atomic E-state index is 12.3. The predicted molar refractivity (Wildman–Crippen MR) is 59.2 cm³/mol. The zero-order valence-corrected chi connectivity index (χ0v) is 10.7. The van der Waals surface area contributed by atoms with Gasteiger partial charge in [0.25, 0.3) is 6.43 Å². The van der Waals surface area contributed by atoms with E-state index < -0.39 is 6.43 Å². The summed E-state index contributed by atoms with van der Waals surface area (Å²) in [5.41, 5.74) is 0.511. The molecule has 0 aliphatic heterocycles. The van der Waals surface area contributed by atoms with Crippen molar-refractivity contribution >= 4 is 50.1 Å². The van der Waals surface area contributed by atoms with Crippen LogP contribution in [0.3, 0.4) is 0 Å². The third-order valence-corrected chi connectivity index (χ3v) is 3.21. The second-order valence-electron chi connectivity index (χ2n) is 2.23. The van der Waals surface area contributed by atoms with Crippen LogP contribution in [0.2, 0.25) is 0 Å². The van der Waals surface area contributed by atoms with E-state index in [0.29, 0.717) is 9.26 Å². The molecule has 0 spiro atoms. The minimum absolute atomic E-state index is 0.0988. The smallest absolute Gasteiger partial charge is 0.243 e. The number of rotatable bonds is 2. The molecule has 1 aromatic heterocycles. The van der Waals surface area contributed by atoms with Crippen LogP contribution in [0, 0.1) is 3.57 Å². The van der Waals surface area contributed by atoms with E-state index >= 15 is 0 Å². The second-order valence-corrected chi connectivity index (χ2v) is 4.41. The van der Waals surface area contributed by atoms with Crippen LogP contribution in [0.1, 0.15) is 17.7 Å². The molecule has 0 saturated heterocycles. The average molecular weight is 382 g/mol. The van der Waals surface area contributed by atoms with Gasteiger partial charge in [0.1, 0.15) is 4.60 Å². The number of hydrogen-bond acceptors (Lipinski definition) is 1. The van der Waals surface area contributed by atoms with Crippen molar-refractivity contribution in [1.82, 2.24) is 4.98 Å². The summed E-state index contributed by atoms with van der Waals surface area (Å²) in [5, 5.41) is 0. The van der Waals surface area contributed by atoms with E-state index in [-0.39, 0.29) is 16.0 Å². The van der Waals surface area contributed by atoms with Crippen molar-refractivity contribution in [3.63, 3.8) is 0 Å². The molecule has 1 nitrogen and oxygen atoms in total. The summed E-state index contributed by atoms with van der Waals surface area (Å²) in [7, 11) is 0. The molecule has 0 atom stereocenters. The number of aromatic nitrogens is 1. The van der Waals surface area contributed by atoms with Gasteiger partial charge < -0.3 is 0 Å². The van der Waals surface area contributed by atoms with Crippen molar-refractivity contribution in [3.8, 4) is 0 Å². The van der Waals surface area contributed by atoms with Gasteiger partial charge >= 0.3 is 0 Å². The van der Waals surface area contributed by atoms with Crippen molar-refractivity contribution < 1.29 is 8.78 Å². The predicted octanol–water partition coefficient (Wildman–Crippen LogP) is 4.13. The fourth-order valence-electron chi connectivity index (χ4n) is 0.763. The first-order valence-electron chi connectivity index (χ1n) is 3.25. The van der Waals surface area contributed by atoms with Crippen LogP contribution < -0.4 is 0 Å². The summed E-state index contributed by atoms with van der Waals surface area (Å²) < 4.78 is 25.5. The van der Waals surface area contributed by atoms with Crippen LogP contribution in [-0.2, 0) is 5.88 Å². The Hall–Kier alpha value is 0.510. The van der Waals surface area contributed by atoms with Crippen molar-refractivity contribution in [2.45, 2.75) is 12.3 Å². The van der Waals surface area contributed by atoms with Gasteiger partial charge in [0.15, 0.2) is 0 Å². The van der Waals surface area contributed by atoms with Gasteiger partial charge in [0, 0.05) is 3.57 Å². The molecular weight excluding hydrogens is 378 g/mol. The van der Waals surface area contributed by atoms with Crippen molar-refractivity contribution in [1.29, 1.82) is 0 Å². The van der Waals surface area contributed by atoms with E-state index in [9.17, 15) is 8.78 Å². The molecule has 0 aliphatic rings. The summed E-state index contributed by atoms with van der Waals surface area (Å²) in [5.74, 6) is 0.223. The maximum atomic E-state index is 12.3. The summed E-state index contributed by atoms with van der Waals surface area (Å²) in [6, 6.07) is 1.39. The SMILES string of the molecule is FC(F)c1cc(I)c(CCl)nc1Br. The molecule has 0 amide bonds. The van der Waals surface area contributed by atoms with Crippen LogP contribution in [-0.4, -0.2) is 4.98 Å². The van der Waals surface area contributed by atoms with Crippen LogP contribution in [0.5, 0.6) is 0 Å². The molecule has 6 heteroatoms. The largest absolute Gasteiger partial charge is 0.266 e. The maximum Gasteiger partial charge on any atom is 0.266 e. The normalized spacial score (nSPS) is 10.9. The van der Waals surface area contributed by atoms with Crippen LogP contribution in [0.25, 0.3) is 0 Å². The Kier molecular flexibility index (Phi) is 4.31. The van der Waals surface area contributed by atoms with Crippen molar-refractivity contribution in [2.75, 3.05) is 0 Å².